The van der Waals surface area contributed by atoms with Gasteiger partial charge in [0.15, 0.2) is 0 Å². The van der Waals surface area contributed by atoms with E-state index in [1.165, 1.54) is 5.56 Å². The fraction of sp³-hybridized carbons (Fsp3) is 0.462. The van der Waals surface area contributed by atoms with E-state index >= 15 is 0 Å². The first-order valence-corrected chi connectivity index (χ1v) is 5.68. The number of aliphatic hydroxyl groups excluding tert-OH is 1. The molecule has 0 aliphatic rings. The summed E-state index contributed by atoms with van der Waals surface area (Å²) in [6, 6.07) is 7.58. The minimum atomic E-state index is -0.372. The molecule has 1 amide bonds. The summed E-state index contributed by atoms with van der Waals surface area (Å²) >= 11 is 0. The van der Waals surface area contributed by atoms with Crippen molar-refractivity contribution in [1.29, 1.82) is 0 Å². The molecule has 88 valence electrons. The number of hydrogen-bond acceptors (Lipinski definition) is 2. The molecule has 0 aliphatic carbocycles. The smallest absolute Gasteiger partial charge is 0.251 e. The van der Waals surface area contributed by atoms with E-state index < -0.39 is 0 Å². The fourth-order valence-electron chi connectivity index (χ4n) is 1.39. The number of carbonyl (C=O) groups is 1. The van der Waals surface area contributed by atoms with Crippen molar-refractivity contribution >= 4 is 5.91 Å². The van der Waals surface area contributed by atoms with Gasteiger partial charge in [0.25, 0.3) is 5.91 Å². The molecule has 3 nitrogen and oxygen atoms in total. The molecule has 0 spiro atoms. The highest BCUT2D eigenvalue weighted by Gasteiger charge is 2.04. The number of aliphatic hydroxyl groups is 1. The van der Waals surface area contributed by atoms with Crippen LogP contribution in [-0.2, 0) is 6.42 Å². The number of amides is 1. The Bertz CT molecular complexity index is 330. The summed E-state index contributed by atoms with van der Waals surface area (Å²) in [4.78, 5) is 11.6. The van der Waals surface area contributed by atoms with E-state index in [9.17, 15) is 4.79 Å². The number of nitrogens with one attached hydrogen (secondary N) is 1. The Morgan fingerprint density at radius 3 is 2.50 bits per heavy atom. The normalized spacial score (nSPS) is 12.2. The second-order valence-corrected chi connectivity index (χ2v) is 3.94. The van der Waals surface area contributed by atoms with E-state index in [4.69, 9.17) is 5.11 Å². The second-order valence-electron chi connectivity index (χ2n) is 3.94. The molecule has 3 heteroatoms. The monoisotopic (exact) mass is 221 g/mol. The van der Waals surface area contributed by atoms with Gasteiger partial charge in [-0.15, -0.1) is 0 Å². The van der Waals surface area contributed by atoms with Gasteiger partial charge in [-0.25, -0.2) is 0 Å². The molecule has 0 radical (unpaired) electrons. The van der Waals surface area contributed by atoms with E-state index in [0.717, 1.165) is 6.42 Å². The Morgan fingerprint density at radius 2 is 2.00 bits per heavy atom. The fourth-order valence-corrected chi connectivity index (χ4v) is 1.39. The van der Waals surface area contributed by atoms with Gasteiger partial charge in [0.1, 0.15) is 0 Å². The van der Waals surface area contributed by atoms with Gasteiger partial charge in [0.2, 0.25) is 0 Å². The molecule has 16 heavy (non-hydrogen) atoms. The number of rotatable bonds is 5. The number of benzene rings is 1. The molecule has 0 aromatic heterocycles. The van der Waals surface area contributed by atoms with Gasteiger partial charge in [-0.05, 0) is 37.5 Å². The van der Waals surface area contributed by atoms with Crippen molar-refractivity contribution in [3.63, 3.8) is 0 Å². The van der Waals surface area contributed by atoms with Crippen LogP contribution in [0.4, 0.5) is 0 Å². The summed E-state index contributed by atoms with van der Waals surface area (Å²) in [6.45, 7) is 4.30. The molecule has 1 aromatic carbocycles. The Hall–Kier alpha value is -1.35. The maximum atomic E-state index is 11.6. The SMILES string of the molecule is CCc1ccc(C(=O)NCCC(C)O)cc1. The Morgan fingerprint density at radius 1 is 1.38 bits per heavy atom. The van der Waals surface area contributed by atoms with Crippen molar-refractivity contribution in [2.45, 2.75) is 32.8 Å². The third kappa shape index (κ3) is 4.03. The van der Waals surface area contributed by atoms with Crippen LogP contribution in [0.1, 0.15) is 36.2 Å². The Kier molecular flexibility index (Phi) is 4.99. The van der Waals surface area contributed by atoms with E-state index in [0.29, 0.717) is 18.5 Å². The first kappa shape index (κ1) is 12.7. The van der Waals surface area contributed by atoms with Gasteiger partial charge in [0.05, 0.1) is 6.10 Å². The standard InChI is InChI=1S/C13H19NO2/c1-3-11-4-6-12(7-5-11)13(16)14-9-8-10(2)15/h4-7,10,15H,3,8-9H2,1-2H3,(H,14,16). The summed E-state index contributed by atoms with van der Waals surface area (Å²) in [7, 11) is 0. The van der Waals surface area contributed by atoms with Gasteiger partial charge in [-0.1, -0.05) is 19.1 Å². The third-order valence-corrected chi connectivity index (χ3v) is 2.47. The van der Waals surface area contributed by atoms with Crippen molar-refractivity contribution < 1.29 is 9.90 Å². The van der Waals surface area contributed by atoms with Crippen LogP contribution >= 0.6 is 0 Å². The topological polar surface area (TPSA) is 49.3 Å². The number of aryl methyl sites for hydroxylation is 1. The summed E-state index contributed by atoms with van der Waals surface area (Å²) in [6.07, 6.45) is 1.19. The Labute approximate surface area is 96.5 Å². The highest BCUT2D eigenvalue weighted by atomic mass is 16.3. The van der Waals surface area contributed by atoms with E-state index in [2.05, 4.69) is 12.2 Å². The molecule has 2 N–H and O–H groups in total. The lowest BCUT2D eigenvalue weighted by atomic mass is 10.1. The van der Waals surface area contributed by atoms with Crippen molar-refractivity contribution in [3.8, 4) is 0 Å². The molecule has 1 rings (SSSR count). The quantitative estimate of drug-likeness (QED) is 0.795. The van der Waals surface area contributed by atoms with Crippen LogP contribution in [-0.4, -0.2) is 23.7 Å². The van der Waals surface area contributed by atoms with Crippen LogP contribution in [0.25, 0.3) is 0 Å². The predicted molar refractivity (Wildman–Crippen MR) is 64.5 cm³/mol. The van der Waals surface area contributed by atoms with Crippen LogP contribution in [0, 0.1) is 0 Å². The number of hydrogen-bond donors (Lipinski definition) is 2. The van der Waals surface area contributed by atoms with Gasteiger partial charge in [-0.2, -0.15) is 0 Å². The average molecular weight is 221 g/mol. The molecule has 1 atom stereocenters. The third-order valence-electron chi connectivity index (χ3n) is 2.47. The second kappa shape index (κ2) is 6.28. The molecule has 0 heterocycles. The lowest BCUT2D eigenvalue weighted by molar-refractivity contribution is 0.0945. The van der Waals surface area contributed by atoms with Gasteiger partial charge in [0, 0.05) is 12.1 Å². The average Bonchev–Trinajstić information content (AvgIpc) is 2.28. The highest BCUT2D eigenvalue weighted by molar-refractivity contribution is 5.94. The molecule has 0 bridgehead atoms. The minimum absolute atomic E-state index is 0.0803. The van der Waals surface area contributed by atoms with E-state index in [1.54, 1.807) is 6.92 Å². The van der Waals surface area contributed by atoms with Crippen LogP contribution in [0.3, 0.4) is 0 Å². The maximum absolute atomic E-state index is 11.6. The minimum Gasteiger partial charge on any atom is -0.393 e. The number of carbonyl (C=O) groups excluding carboxylic acids is 1. The molecule has 1 unspecified atom stereocenters. The van der Waals surface area contributed by atoms with Crippen molar-refractivity contribution in [2.24, 2.45) is 0 Å². The molecular formula is C13H19NO2. The van der Waals surface area contributed by atoms with E-state index in [-0.39, 0.29) is 12.0 Å². The zero-order valence-corrected chi connectivity index (χ0v) is 9.86. The summed E-state index contributed by atoms with van der Waals surface area (Å²) in [5.74, 6) is -0.0803. The van der Waals surface area contributed by atoms with Crippen molar-refractivity contribution in [1.82, 2.24) is 5.32 Å². The Balaban J connectivity index is 2.46. The molecule has 0 saturated carbocycles. The summed E-state index contributed by atoms with van der Waals surface area (Å²) in [5.41, 5.74) is 1.89. The van der Waals surface area contributed by atoms with Gasteiger partial charge >= 0.3 is 0 Å². The molecule has 0 fully saturated rings. The van der Waals surface area contributed by atoms with Crippen LogP contribution in [0.2, 0.25) is 0 Å². The lowest BCUT2D eigenvalue weighted by Gasteiger charge is -2.07. The van der Waals surface area contributed by atoms with Gasteiger partial charge < -0.3 is 10.4 Å². The van der Waals surface area contributed by atoms with Crippen LogP contribution in [0.5, 0.6) is 0 Å². The molecule has 0 aliphatic heterocycles. The van der Waals surface area contributed by atoms with E-state index in [1.807, 2.05) is 24.3 Å². The molecule has 1 aromatic rings. The summed E-state index contributed by atoms with van der Waals surface area (Å²) < 4.78 is 0. The first-order valence-electron chi connectivity index (χ1n) is 5.68. The predicted octanol–water partition coefficient (Wildman–Crippen LogP) is 1.75. The van der Waals surface area contributed by atoms with Gasteiger partial charge in [-0.3, -0.25) is 4.79 Å². The zero-order chi connectivity index (χ0) is 12.0. The lowest BCUT2D eigenvalue weighted by Crippen LogP contribution is -2.26. The first-order chi connectivity index (χ1) is 7.63. The largest absolute Gasteiger partial charge is 0.393 e. The maximum Gasteiger partial charge on any atom is 0.251 e. The highest BCUT2D eigenvalue weighted by Crippen LogP contribution is 2.04. The van der Waals surface area contributed by atoms with Crippen molar-refractivity contribution in [3.05, 3.63) is 35.4 Å². The molecule has 0 saturated heterocycles. The zero-order valence-electron chi connectivity index (χ0n) is 9.86. The summed E-state index contributed by atoms with van der Waals surface area (Å²) in [5, 5.41) is 11.8. The van der Waals surface area contributed by atoms with Crippen LogP contribution in [0.15, 0.2) is 24.3 Å². The van der Waals surface area contributed by atoms with Crippen molar-refractivity contribution in [2.75, 3.05) is 6.54 Å². The molecular weight excluding hydrogens is 202 g/mol. The van der Waals surface area contributed by atoms with Crippen LogP contribution < -0.4 is 5.32 Å².